The van der Waals surface area contributed by atoms with Gasteiger partial charge in [-0.3, -0.25) is 13.8 Å². The molecule has 0 saturated heterocycles. The summed E-state index contributed by atoms with van der Waals surface area (Å²) in [5.74, 6) is -0.367. The van der Waals surface area contributed by atoms with Crippen LogP contribution in [-0.4, -0.2) is 43.3 Å². The molecule has 3 N–H and O–H groups in total. The molecule has 0 aromatic rings. The SMILES string of the molecule is CCCCC/C=C/C/C=C/CCCCCCCC(=O)O[C@H](CO/C=C/CCCCCCCCCCCCCC)COP(=O)(O)OCCN. The van der Waals surface area contributed by atoms with E-state index in [-0.39, 0.29) is 38.8 Å². The van der Waals surface area contributed by atoms with E-state index in [0.717, 1.165) is 57.8 Å². The van der Waals surface area contributed by atoms with Gasteiger partial charge < -0.3 is 20.1 Å². The van der Waals surface area contributed by atoms with Gasteiger partial charge in [-0.2, -0.15) is 0 Å². The number of carbonyl (C=O) groups is 1. The van der Waals surface area contributed by atoms with E-state index in [1.54, 1.807) is 6.26 Å². The smallest absolute Gasteiger partial charge is 0.472 e. The van der Waals surface area contributed by atoms with Crippen LogP contribution in [0.2, 0.25) is 0 Å². The largest absolute Gasteiger partial charge is 0.498 e. The number of esters is 1. The summed E-state index contributed by atoms with van der Waals surface area (Å²) in [5.41, 5.74) is 5.35. The van der Waals surface area contributed by atoms with Crippen LogP contribution in [0.15, 0.2) is 36.6 Å². The fourth-order valence-electron chi connectivity index (χ4n) is 5.23. The molecule has 48 heavy (non-hydrogen) atoms. The number of carbonyl (C=O) groups excluding carboxylic acids is 1. The second kappa shape index (κ2) is 36.8. The third-order valence-electron chi connectivity index (χ3n) is 8.12. The van der Waals surface area contributed by atoms with E-state index >= 15 is 0 Å². The minimum atomic E-state index is -4.29. The molecule has 0 aliphatic carbocycles. The van der Waals surface area contributed by atoms with Gasteiger partial charge in [0.15, 0.2) is 6.10 Å². The van der Waals surface area contributed by atoms with E-state index in [1.165, 1.54) is 96.3 Å². The highest BCUT2D eigenvalue weighted by molar-refractivity contribution is 7.47. The average Bonchev–Trinajstić information content (AvgIpc) is 3.07. The predicted octanol–water partition coefficient (Wildman–Crippen LogP) is 11.4. The lowest BCUT2D eigenvalue weighted by molar-refractivity contribution is -0.153. The number of ether oxygens (including phenoxy) is 2. The van der Waals surface area contributed by atoms with Crippen molar-refractivity contribution in [2.24, 2.45) is 5.73 Å². The first kappa shape index (κ1) is 46.6. The molecular weight excluding hydrogens is 625 g/mol. The lowest BCUT2D eigenvalue weighted by atomic mass is 10.0. The molecule has 9 heteroatoms. The number of unbranched alkanes of at least 4 members (excludes halogenated alkanes) is 20. The Labute approximate surface area is 295 Å². The highest BCUT2D eigenvalue weighted by Crippen LogP contribution is 2.43. The number of allylic oxidation sites excluding steroid dienone is 5. The zero-order valence-corrected chi connectivity index (χ0v) is 31.9. The number of hydrogen-bond acceptors (Lipinski definition) is 7. The molecule has 0 aromatic heterocycles. The second-order valence-electron chi connectivity index (χ2n) is 12.9. The van der Waals surface area contributed by atoms with Crippen molar-refractivity contribution in [1.82, 2.24) is 0 Å². The van der Waals surface area contributed by atoms with Gasteiger partial charge in [0.2, 0.25) is 0 Å². The van der Waals surface area contributed by atoms with E-state index < -0.39 is 13.9 Å². The quantitative estimate of drug-likeness (QED) is 0.0216. The summed E-state index contributed by atoms with van der Waals surface area (Å²) < 4.78 is 33.1. The molecule has 0 bridgehead atoms. The Morgan fingerprint density at radius 2 is 1.12 bits per heavy atom. The second-order valence-corrected chi connectivity index (χ2v) is 14.3. The first-order valence-corrected chi connectivity index (χ1v) is 21.0. The maximum Gasteiger partial charge on any atom is 0.472 e. The van der Waals surface area contributed by atoms with Crippen LogP contribution < -0.4 is 5.73 Å². The van der Waals surface area contributed by atoms with Crippen LogP contribution in [0.4, 0.5) is 0 Å². The Bertz CT molecular complexity index is 833. The van der Waals surface area contributed by atoms with Crippen molar-refractivity contribution in [2.45, 2.75) is 180 Å². The fourth-order valence-corrected chi connectivity index (χ4v) is 5.99. The summed E-state index contributed by atoms with van der Waals surface area (Å²) in [6, 6.07) is 0. The maximum atomic E-state index is 12.5. The van der Waals surface area contributed by atoms with E-state index in [2.05, 4.69) is 38.2 Å². The van der Waals surface area contributed by atoms with Gasteiger partial charge in [0.05, 0.1) is 19.5 Å². The van der Waals surface area contributed by atoms with Crippen molar-refractivity contribution in [3.05, 3.63) is 36.6 Å². The molecule has 282 valence electrons. The average molecular weight is 700 g/mol. The number of rotatable bonds is 37. The summed E-state index contributed by atoms with van der Waals surface area (Å²) in [4.78, 5) is 22.4. The van der Waals surface area contributed by atoms with Crippen LogP contribution >= 0.6 is 7.82 Å². The monoisotopic (exact) mass is 700 g/mol. The first-order chi connectivity index (χ1) is 23.4. The van der Waals surface area contributed by atoms with Crippen LogP contribution in [0.3, 0.4) is 0 Å². The Morgan fingerprint density at radius 1 is 0.646 bits per heavy atom. The van der Waals surface area contributed by atoms with Crippen LogP contribution in [0.1, 0.15) is 174 Å². The summed E-state index contributed by atoms with van der Waals surface area (Å²) >= 11 is 0. The normalized spacial score (nSPS) is 13.9. The molecular formula is C39H74NO7P. The van der Waals surface area contributed by atoms with E-state index in [4.69, 9.17) is 24.3 Å². The van der Waals surface area contributed by atoms with Gasteiger partial charge in [0, 0.05) is 13.0 Å². The van der Waals surface area contributed by atoms with Crippen LogP contribution in [0.5, 0.6) is 0 Å². The molecule has 8 nitrogen and oxygen atoms in total. The molecule has 2 atom stereocenters. The van der Waals surface area contributed by atoms with Gasteiger partial charge in [-0.05, 0) is 57.4 Å². The summed E-state index contributed by atoms with van der Waals surface area (Å²) in [6.07, 6.45) is 41.0. The molecule has 0 amide bonds. The molecule has 0 aliphatic rings. The molecule has 1 unspecified atom stereocenters. The summed E-state index contributed by atoms with van der Waals surface area (Å²) in [7, 11) is -4.29. The number of nitrogens with two attached hydrogens (primary N) is 1. The lowest BCUT2D eigenvalue weighted by Crippen LogP contribution is -2.27. The Balaban J connectivity index is 4.16. The molecule has 0 aromatic carbocycles. The van der Waals surface area contributed by atoms with Crippen molar-refractivity contribution >= 4 is 13.8 Å². The van der Waals surface area contributed by atoms with Gasteiger partial charge in [0.25, 0.3) is 0 Å². The number of phosphoric ester groups is 1. The minimum absolute atomic E-state index is 0.0275. The highest BCUT2D eigenvalue weighted by Gasteiger charge is 2.25. The third kappa shape index (κ3) is 35.9. The van der Waals surface area contributed by atoms with Crippen molar-refractivity contribution in [1.29, 1.82) is 0 Å². The predicted molar refractivity (Wildman–Crippen MR) is 201 cm³/mol. The Kier molecular flexibility index (Phi) is 35.7. The van der Waals surface area contributed by atoms with Gasteiger partial charge in [-0.25, -0.2) is 4.57 Å². The highest BCUT2D eigenvalue weighted by atomic mass is 31.2. The van der Waals surface area contributed by atoms with Gasteiger partial charge in [-0.15, -0.1) is 0 Å². The van der Waals surface area contributed by atoms with Crippen molar-refractivity contribution < 1.29 is 32.8 Å². The van der Waals surface area contributed by atoms with Crippen molar-refractivity contribution in [3.63, 3.8) is 0 Å². The van der Waals surface area contributed by atoms with E-state index in [1.807, 2.05) is 6.08 Å². The number of hydrogen-bond donors (Lipinski definition) is 2. The standard InChI is InChI=1S/C39H74NO7P/c1-3-5-7-9-11-13-15-17-19-20-22-24-26-28-30-32-39(41)47-38(37-46-48(42,43)45-35-33-40)36-44-34-31-29-27-25-23-21-18-16-14-12-10-8-6-4-2/h11,13,17,19,31,34,38H,3-10,12,14-16,18,20-30,32-33,35-37,40H2,1-2H3,(H,42,43)/b13-11+,19-17+,34-31+/t38-/m1/s1. The van der Waals surface area contributed by atoms with Crippen LogP contribution in [0, 0.1) is 0 Å². The Hall–Kier alpha value is -1.44. The van der Waals surface area contributed by atoms with Gasteiger partial charge in [0.1, 0.15) is 6.61 Å². The molecule has 0 saturated carbocycles. The van der Waals surface area contributed by atoms with Gasteiger partial charge in [-0.1, -0.05) is 141 Å². The summed E-state index contributed by atoms with van der Waals surface area (Å²) in [5, 5.41) is 0. The van der Waals surface area contributed by atoms with Crippen molar-refractivity contribution in [2.75, 3.05) is 26.4 Å². The van der Waals surface area contributed by atoms with Crippen LogP contribution in [-0.2, 0) is 27.9 Å². The van der Waals surface area contributed by atoms with Gasteiger partial charge >= 0.3 is 13.8 Å². The Morgan fingerprint density at radius 3 is 1.69 bits per heavy atom. The van der Waals surface area contributed by atoms with Crippen molar-refractivity contribution in [3.8, 4) is 0 Å². The zero-order chi connectivity index (χ0) is 35.2. The first-order valence-electron chi connectivity index (χ1n) is 19.5. The molecule has 0 aliphatic heterocycles. The molecule has 0 fully saturated rings. The minimum Gasteiger partial charge on any atom is -0.498 e. The third-order valence-corrected chi connectivity index (χ3v) is 9.11. The summed E-state index contributed by atoms with van der Waals surface area (Å²) in [6.45, 7) is 4.19. The molecule has 0 rings (SSSR count). The maximum absolute atomic E-state index is 12.5. The lowest BCUT2D eigenvalue weighted by Gasteiger charge is -2.19. The topological polar surface area (TPSA) is 117 Å². The molecule has 0 spiro atoms. The zero-order valence-electron chi connectivity index (χ0n) is 31.0. The van der Waals surface area contributed by atoms with Crippen LogP contribution in [0.25, 0.3) is 0 Å². The fraction of sp³-hybridized carbons (Fsp3) is 0.821. The van der Waals surface area contributed by atoms with E-state index in [9.17, 15) is 14.3 Å². The molecule has 0 heterocycles. The number of phosphoric acid groups is 1. The molecule has 0 radical (unpaired) electrons. The van der Waals surface area contributed by atoms with E-state index in [0.29, 0.717) is 0 Å².